The minimum atomic E-state index is 0.573. The third-order valence-electron chi connectivity index (χ3n) is 2.56. The molecular weight excluding hydrogens is 122 g/mol. The van der Waals surface area contributed by atoms with Gasteiger partial charge in [0.05, 0.1) is 0 Å². The van der Waals surface area contributed by atoms with Crippen LogP contribution >= 0.6 is 0 Å². The van der Waals surface area contributed by atoms with Crippen LogP contribution < -0.4 is 5.32 Å². The topological polar surface area (TPSA) is 12.0 Å². The molecule has 0 spiro atoms. The van der Waals surface area contributed by atoms with Crippen LogP contribution in [0, 0.1) is 0 Å². The molecular formula is C9H19N. The van der Waals surface area contributed by atoms with Gasteiger partial charge in [-0.3, -0.25) is 0 Å². The van der Waals surface area contributed by atoms with E-state index in [1.165, 1.54) is 38.6 Å². The molecule has 0 amide bonds. The first-order chi connectivity index (χ1) is 4.83. The number of rotatable bonds is 4. The molecule has 1 aliphatic rings. The van der Waals surface area contributed by atoms with E-state index in [1.54, 1.807) is 0 Å². The van der Waals surface area contributed by atoms with E-state index < -0.39 is 0 Å². The maximum absolute atomic E-state index is 3.56. The van der Waals surface area contributed by atoms with E-state index in [0.717, 1.165) is 0 Å². The van der Waals surface area contributed by atoms with E-state index in [1.807, 2.05) is 0 Å². The number of hydrogen-bond donors (Lipinski definition) is 1. The molecule has 0 aliphatic carbocycles. The summed E-state index contributed by atoms with van der Waals surface area (Å²) in [6.07, 6.45) is 6.82. The summed E-state index contributed by atoms with van der Waals surface area (Å²) < 4.78 is 0. The van der Waals surface area contributed by atoms with Gasteiger partial charge >= 0.3 is 0 Å². The fraction of sp³-hybridized carbons (Fsp3) is 1.00. The first kappa shape index (κ1) is 8.06. The lowest BCUT2D eigenvalue weighted by Gasteiger charge is -2.43. The normalized spacial score (nSPS) is 22.2. The highest BCUT2D eigenvalue weighted by molar-refractivity contribution is 4.95. The van der Waals surface area contributed by atoms with Gasteiger partial charge in [0.2, 0.25) is 0 Å². The molecule has 1 heteroatoms. The van der Waals surface area contributed by atoms with Gasteiger partial charge in [0, 0.05) is 5.54 Å². The second-order valence-corrected chi connectivity index (χ2v) is 3.46. The number of nitrogens with one attached hydrogen (secondary N) is 1. The van der Waals surface area contributed by atoms with Crippen LogP contribution in [0.1, 0.15) is 46.0 Å². The van der Waals surface area contributed by atoms with Gasteiger partial charge in [0.1, 0.15) is 0 Å². The molecule has 0 radical (unpaired) electrons. The highest BCUT2D eigenvalue weighted by Gasteiger charge is 2.33. The summed E-state index contributed by atoms with van der Waals surface area (Å²) in [4.78, 5) is 0. The second kappa shape index (κ2) is 3.38. The largest absolute Gasteiger partial charge is 0.311 e. The lowest BCUT2D eigenvalue weighted by Crippen LogP contribution is -2.56. The Hall–Kier alpha value is -0.0400. The lowest BCUT2D eigenvalue weighted by molar-refractivity contribution is 0.174. The Morgan fingerprint density at radius 3 is 1.90 bits per heavy atom. The van der Waals surface area contributed by atoms with Crippen molar-refractivity contribution >= 4 is 0 Å². The zero-order valence-corrected chi connectivity index (χ0v) is 7.24. The van der Waals surface area contributed by atoms with Crippen LogP contribution in [0.3, 0.4) is 0 Å². The van der Waals surface area contributed by atoms with Crippen molar-refractivity contribution < 1.29 is 0 Å². The zero-order chi connectivity index (χ0) is 7.45. The quantitative estimate of drug-likeness (QED) is 0.633. The maximum atomic E-state index is 3.56. The van der Waals surface area contributed by atoms with Crippen molar-refractivity contribution in [2.24, 2.45) is 0 Å². The molecule has 0 bridgehead atoms. The Kier molecular flexibility index (Phi) is 2.72. The number of hydrogen-bond acceptors (Lipinski definition) is 1. The average molecular weight is 141 g/mol. The fourth-order valence-electron chi connectivity index (χ4n) is 1.99. The summed E-state index contributed by atoms with van der Waals surface area (Å²) in [5.74, 6) is 0. The Morgan fingerprint density at radius 1 is 1.20 bits per heavy atom. The van der Waals surface area contributed by atoms with Crippen LogP contribution in [-0.2, 0) is 0 Å². The van der Waals surface area contributed by atoms with Crippen molar-refractivity contribution in [3.63, 3.8) is 0 Å². The molecule has 1 N–H and O–H groups in total. The molecule has 1 aliphatic heterocycles. The summed E-state index contributed by atoms with van der Waals surface area (Å²) >= 11 is 0. The first-order valence-corrected chi connectivity index (χ1v) is 4.58. The molecule has 10 heavy (non-hydrogen) atoms. The summed E-state index contributed by atoms with van der Waals surface area (Å²) in [7, 11) is 0. The predicted molar refractivity (Wildman–Crippen MR) is 45.2 cm³/mol. The minimum Gasteiger partial charge on any atom is -0.311 e. The van der Waals surface area contributed by atoms with Crippen LogP contribution in [0.15, 0.2) is 0 Å². The summed E-state index contributed by atoms with van der Waals surface area (Å²) in [5.41, 5.74) is 0.573. The van der Waals surface area contributed by atoms with Crippen molar-refractivity contribution in [2.45, 2.75) is 51.5 Å². The van der Waals surface area contributed by atoms with Crippen LogP contribution in [0.4, 0.5) is 0 Å². The van der Waals surface area contributed by atoms with Crippen LogP contribution in [-0.4, -0.2) is 12.1 Å². The molecule has 0 atom stereocenters. The van der Waals surface area contributed by atoms with E-state index in [9.17, 15) is 0 Å². The Balaban J connectivity index is 2.27. The van der Waals surface area contributed by atoms with Gasteiger partial charge in [0.25, 0.3) is 0 Å². The predicted octanol–water partition coefficient (Wildman–Crippen LogP) is 2.32. The molecule has 0 aromatic carbocycles. The van der Waals surface area contributed by atoms with Crippen molar-refractivity contribution in [2.75, 3.05) is 6.54 Å². The van der Waals surface area contributed by atoms with Gasteiger partial charge in [-0.15, -0.1) is 0 Å². The average Bonchev–Trinajstić information content (AvgIpc) is 1.84. The maximum Gasteiger partial charge on any atom is 0.0193 e. The lowest BCUT2D eigenvalue weighted by atomic mass is 9.80. The summed E-state index contributed by atoms with van der Waals surface area (Å²) in [6, 6.07) is 0. The van der Waals surface area contributed by atoms with E-state index in [-0.39, 0.29) is 0 Å². The molecule has 1 saturated heterocycles. The molecule has 0 saturated carbocycles. The molecule has 1 heterocycles. The second-order valence-electron chi connectivity index (χ2n) is 3.46. The van der Waals surface area contributed by atoms with Gasteiger partial charge in [-0.1, -0.05) is 26.7 Å². The van der Waals surface area contributed by atoms with Gasteiger partial charge in [-0.2, -0.15) is 0 Å². The molecule has 0 aromatic heterocycles. The van der Waals surface area contributed by atoms with Gasteiger partial charge in [-0.25, -0.2) is 0 Å². The van der Waals surface area contributed by atoms with Crippen molar-refractivity contribution in [3.8, 4) is 0 Å². The smallest absolute Gasteiger partial charge is 0.0193 e. The monoisotopic (exact) mass is 141 g/mol. The summed E-state index contributed by atoms with van der Waals surface area (Å²) in [5, 5.41) is 3.56. The van der Waals surface area contributed by atoms with Crippen LogP contribution in [0.5, 0.6) is 0 Å². The molecule has 1 fully saturated rings. The highest BCUT2D eigenvalue weighted by atomic mass is 15.0. The third-order valence-corrected chi connectivity index (χ3v) is 2.56. The highest BCUT2D eigenvalue weighted by Crippen LogP contribution is 2.29. The van der Waals surface area contributed by atoms with Gasteiger partial charge < -0.3 is 5.32 Å². The Labute approximate surface area is 64.2 Å². The minimum absolute atomic E-state index is 0.573. The van der Waals surface area contributed by atoms with E-state index in [0.29, 0.717) is 5.54 Å². The standard InChI is InChI=1S/C9H19N/c1-3-5-9(6-4-2)7-8-10-9/h10H,3-8H2,1-2H3. The molecule has 0 unspecified atom stereocenters. The molecule has 60 valence electrons. The van der Waals surface area contributed by atoms with Crippen LogP contribution in [0.25, 0.3) is 0 Å². The third kappa shape index (κ3) is 1.51. The van der Waals surface area contributed by atoms with E-state index >= 15 is 0 Å². The first-order valence-electron chi connectivity index (χ1n) is 4.58. The van der Waals surface area contributed by atoms with Crippen LogP contribution in [0.2, 0.25) is 0 Å². The Bertz CT molecular complexity index is 86.9. The van der Waals surface area contributed by atoms with E-state index in [2.05, 4.69) is 19.2 Å². The molecule has 0 aromatic rings. The van der Waals surface area contributed by atoms with Crippen molar-refractivity contribution in [3.05, 3.63) is 0 Å². The molecule has 1 nitrogen and oxygen atoms in total. The van der Waals surface area contributed by atoms with Crippen molar-refractivity contribution in [1.29, 1.82) is 0 Å². The van der Waals surface area contributed by atoms with Gasteiger partial charge in [-0.05, 0) is 25.8 Å². The van der Waals surface area contributed by atoms with Crippen molar-refractivity contribution in [1.82, 2.24) is 5.32 Å². The summed E-state index contributed by atoms with van der Waals surface area (Å²) in [6.45, 7) is 5.80. The van der Waals surface area contributed by atoms with E-state index in [4.69, 9.17) is 0 Å². The fourth-order valence-corrected chi connectivity index (χ4v) is 1.99. The SMILES string of the molecule is CCCC1(CCC)CCN1. The molecule has 1 rings (SSSR count). The zero-order valence-electron chi connectivity index (χ0n) is 7.24. The van der Waals surface area contributed by atoms with Gasteiger partial charge in [0.15, 0.2) is 0 Å². The Morgan fingerprint density at radius 2 is 1.70 bits per heavy atom.